The van der Waals surface area contributed by atoms with Crippen LogP contribution in [-0.4, -0.2) is 39.4 Å². The molecule has 1 aromatic heterocycles. The van der Waals surface area contributed by atoms with Gasteiger partial charge in [-0.25, -0.2) is 9.37 Å². The zero-order valence-corrected chi connectivity index (χ0v) is 21.0. The Labute approximate surface area is 209 Å². The number of halogens is 1. The van der Waals surface area contributed by atoms with Crippen molar-refractivity contribution in [3.63, 3.8) is 0 Å². The molecular weight excluding hydrogens is 485 g/mol. The van der Waals surface area contributed by atoms with Crippen LogP contribution in [0.3, 0.4) is 0 Å². The zero-order valence-electron chi connectivity index (χ0n) is 19.3. The van der Waals surface area contributed by atoms with Gasteiger partial charge in [0.2, 0.25) is 0 Å². The van der Waals surface area contributed by atoms with Gasteiger partial charge in [0.05, 0.1) is 32.5 Å². The van der Waals surface area contributed by atoms with Gasteiger partial charge in [0, 0.05) is 29.5 Å². The number of carbonyl (C=O) groups excluding carboxylic acids is 1. The summed E-state index contributed by atoms with van der Waals surface area (Å²) < 4.78 is 33.8. The Bertz CT molecular complexity index is 1480. The van der Waals surface area contributed by atoms with E-state index in [2.05, 4.69) is 11.1 Å². The summed E-state index contributed by atoms with van der Waals surface area (Å²) in [5.41, 5.74) is 10.2. The Morgan fingerprint density at radius 2 is 1.97 bits per heavy atom. The molecule has 0 saturated heterocycles. The third kappa shape index (κ3) is 4.41. The molecule has 5 rings (SSSR count). The number of aromatic nitrogens is 1. The van der Waals surface area contributed by atoms with Crippen LogP contribution in [0.25, 0.3) is 21.3 Å². The SMILES string of the molecule is CCc1c(C(=O)N2CCOc3ccc(-c4ccc5nc(N)sc5c4)cc3C2)ccc(S(C)=O)c1F. The average molecular weight is 510 g/mol. The maximum Gasteiger partial charge on any atom is 0.254 e. The first-order valence-corrected chi connectivity index (χ1v) is 13.6. The van der Waals surface area contributed by atoms with E-state index >= 15 is 0 Å². The van der Waals surface area contributed by atoms with Crippen LogP contribution in [0.4, 0.5) is 9.52 Å². The highest BCUT2D eigenvalue weighted by Gasteiger charge is 2.25. The molecule has 35 heavy (non-hydrogen) atoms. The molecule has 180 valence electrons. The number of nitrogen functional groups attached to an aromatic ring is 1. The van der Waals surface area contributed by atoms with E-state index in [1.807, 2.05) is 30.3 Å². The molecular formula is C26H24FN3O3S2. The highest BCUT2D eigenvalue weighted by Crippen LogP contribution is 2.33. The van der Waals surface area contributed by atoms with E-state index < -0.39 is 16.6 Å². The highest BCUT2D eigenvalue weighted by molar-refractivity contribution is 7.84. The Morgan fingerprint density at radius 3 is 2.74 bits per heavy atom. The third-order valence-electron chi connectivity index (χ3n) is 6.17. The van der Waals surface area contributed by atoms with E-state index in [1.54, 1.807) is 17.9 Å². The summed E-state index contributed by atoms with van der Waals surface area (Å²) in [6.07, 6.45) is 1.76. The molecule has 3 aromatic carbocycles. The summed E-state index contributed by atoms with van der Waals surface area (Å²) in [6, 6.07) is 15.0. The number of hydrogen-bond acceptors (Lipinski definition) is 6. The Hall–Kier alpha value is -3.30. The number of hydrogen-bond donors (Lipinski definition) is 1. The fourth-order valence-electron chi connectivity index (χ4n) is 4.41. The zero-order chi connectivity index (χ0) is 24.7. The third-order valence-corrected chi connectivity index (χ3v) is 7.95. The molecule has 0 radical (unpaired) electrons. The van der Waals surface area contributed by atoms with Crippen LogP contribution in [0.15, 0.2) is 53.4 Å². The molecule has 0 spiro atoms. The van der Waals surface area contributed by atoms with Gasteiger partial charge in [0.15, 0.2) is 5.13 Å². The van der Waals surface area contributed by atoms with Gasteiger partial charge in [-0.2, -0.15) is 0 Å². The lowest BCUT2D eigenvalue weighted by atomic mass is 10.0. The number of anilines is 1. The molecule has 6 nitrogen and oxygen atoms in total. The van der Waals surface area contributed by atoms with Crippen molar-refractivity contribution < 1.29 is 18.1 Å². The van der Waals surface area contributed by atoms with Crippen molar-refractivity contribution in [1.29, 1.82) is 0 Å². The summed E-state index contributed by atoms with van der Waals surface area (Å²) in [5.74, 6) is -0.101. The summed E-state index contributed by atoms with van der Waals surface area (Å²) in [6.45, 7) is 2.84. The smallest absolute Gasteiger partial charge is 0.254 e. The number of benzene rings is 3. The lowest BCUT2D eigenvalue weighted by molar-refractivity contribution is 0.0731. The van der Waals surface area contributed by atoms with Crippen molar-refractivity contribution >= 4 is 43.4 Å². The van der Waals surface area contributed by atoms with Gasteiger partial charge < -0.3 is 15.4 Å². The van der Waals surface area contributed by atoms with Crippen LogP contribution >= 0.6 is 11.3 Å². The monoisotopic (exact) mass is 509 g/mol. The van der Waals surface area contributed by atoms with E-state index in [9.17, 15) is 13.4 Å². The molecule has 1 aliphatic rings. The number of nitrogens with two attached hydrogens (primary N) is 1. The first-order chi connectivity index (χ1) is 16.9. The minimum absolute atomic E-state index is 0.118. The molecule has 2 N–H and O–H groups in total. The lowest BCUT2D eigenvalue weighted by Gasteiger charge is -2.22. The average Bonchev–Trinajstić information content (AvgIpc) is 3.08. The normalized spacial score (nSPS) is 14.3. The standard InChI is InChI=1S/C26H24FN3O3S2/c1-3-18-19(6-9-23(24(18)27)35(2)32)25(31)30-10-11-33-21-8-5-15(12-17(21)14-30)16-4-7-20-22(13-16)34-26(28)29-20/h4-9,12-13H,3,10-11,14H2,1-2H3,(H2,28,29). The summed E-state index contributed by atoms with van der Waals surface area (Å²) in [7, 11) is -1.47. The number of carbonyl (C=O) groups is 1. The minimum atomic E-state index is -1.47. The fourth-order valence-corrected chi connectivity index (χ4v) is 5.82. The van der Waals surface area contributed by atoms with E-state index in [1.165, 1.54) is 23.7 Å². The highest BCUT2D eigenvalue weighted by atomic mass is 32.2. The molecule has 2 heterocycles. The van der Waals surface area contributed by atoms with Crippen LogP contribution in [-0.2, 0) is 23.8 Å². The Balaban J connectivity index is 1.47. The molecule has 0 bridgehead atoms. The van der Waals surface area contributed by atoms with Gasteiger partial charge in [-0.15, -0.1) is 0 Å². The molecule has 1 atom stereocenters. The summed E-state index contributed by atoms with van der Waals surface area (Å²) >= 11 is 1.44. The molecule has 1 aliphatic heterocycles. The van der Waals surface area contributed by atoms with Crippen molar-refractivity contribution in [1.82, 2.24) is 9.88 Å². The molecule has 1 amide bonds. The number of fused-ring (bicyclic) bond motifs is 2. The van der Waals surface area contributed by atoms with Crippen LogP contribution < -0.4 is 10.5 Å². The van der Waals surface area contributed by atoms with Crippen molar-refractivity contribution in [3.8, 4) is 16.9 Å². The second kappa shape index (κ2) is 9.39. The Morgan fingerprint density at radius 1 is 1.20 bits per heavy atom. The number of ether oxygens (including phenoxy) is 1. The van der Waals surface area contributed by atoms with Crippen LogP contribution in [0.5, 0.6) is 5.75 Å². The van der Waals surface area contributed by atoms with Crippen LogP contribution in [0, 0.1) is 5.82 Å². The number of rotatable bonds is 4. The predicted molar refractivity (Wildman–Crippen MR) is 138 cm³/mol. The molecule has 0 fully saturated rings. The summed E-state index contributed by atoms with van der Waals surface area (Å²) in [5, 5.41) is 0.530. The van der Waals surface area contributed by atoms with Gasteiger partial charge >= 0.3 is 0 Å². The first kappa shape index (κ1) is 23.4. The quantitative estimate of drug-likeness (QED) is 0.418. The number of nitrogens with zero attached hydrogens (tertiary/aromatic N) is 2. The maximum atomic E-state index is 15.0. The molecule has 1 unspecified atom stereocenters. The van der Waals surface area contributed by atoms with Crippen molar-refractivity contribution in [2.24, 2.45) is 0 Å². The van der Waals surface area contributed by atoms with Crippen LogP contribution in [0.2, 0.25) is 0 Å². The van der Waals surface area contributed by atoms with E-state index in [4.69, 9.17) is 10.5 Å². The van der Waals surface area contributed by atoms with E-state index in [0.717, 1.165) is 32.7 Å². The fraction of sp³-hybridized carbons (Fsp3) is 0.231. The topological polar surface area (TPSA) is 85.5 Å². The van der Waals surface area contributed by atoms with E-state index in [-0.39, 0.29) is 10.8 Å². The molecule has 4 aromatic rings. The van der Waals surface area contributed by atoms with E-state index in [0.29, 0.717) is 42.4 Å². The summed E-state index contributed by atoms with van der Waals surface area (Å²) in [4.78, 5) is 19.6. The van der Waals surface area contributed by atoms with Gasteiger partial charge in [-0.3, -0.25) is 9.00 Å². The molecule has 0 saturated carbocycles. The first-order valence-electron chi connectivity index (χ1n) is 11.2. The van der Waals surface area contributed by atoms with Crippen molar-refractivity contribution in [2.45, 2.75) is 24.8 Å². The van der Waals surface area contributed by atoms with Crippen molar-refractivity contribution in [2.75, 3.05) is 25.1 Å². The second-order valence-electron chi connectivity index (χ2n) is 8.34. The van der Waals surface area contributed by atoms with Gasteiger partial charge in [-0.1, -0.05) is 30.4 Å². The minimum Gasteiger partial charge on any atom is -0.491 e. The largest absolute Gasteiger partial charge is 0.491 e. The molecule has 0 aliphatic carbocycles. The molecule has 9 heteroatoms. The number of amides is 1. The lowest BCUT2D eigenvalue weighted by Crippen LogP contribution is -2.33. The second-order valence-corrected chi connectivity index (χ2v) is 10.8. The van der Waals surface area contributed by atoms with Crippen molar-refractivity contribution in [3.05, 3.63) is 71.0 Å². The Kier molecular flexibility index (Phi) is 6.29. The predicted octanol–water partition coefficient (Wildman–Crippen LogP) is 5.02. The van der Waals surface area contributed by atoms with Gasteiger partial charge in [0.1, 0.15) is 18.2 Å². The number of thiazole rings is 1. The van der Waals surface area contributed by atoms with Gasteiger partial charge in [-0.05, 0) is 53.9 Å². The maximum absolute atomic E-state index is 15.0. The van der Waals surface area contributed by atoms with Crippen LogP contribution in [0.1, 0.15) is 28.4 Å². The van der Waals surface area contributed by atoms with Gasteiger partial charge in [0.25, 0.3) is 5.91 Å².